The molecule has 0 spiro atoms. The second-order valence-electron chi connectivity index (χ2n) is 9.85. The highest BCUT2D eigenvalue weighted by Crippen LogP contribution is 2.34. The van der Waals surface area contributed by atoms with Crippen molar-refractivity contribution in [2.24, 2.45) is 0 Å². The maximum Gasteiger partial charge on any atom is 0.198 e. The molecule has 0 atom stereocenters. The van der Waals surface area contributed by atoms with Crippen molar-refractivity contribution in [2.45, 2.75) is 38.8 Å². The third-order valence-corrected chi connectivity index (χ3v) is 7.83. The Balaban J connectivity index is 1.62. The number of aromatic nitrogens is 2. The lowest BCUT2D eigenvalue weighted by Gasteiger charge is -2.17. The van der Waals surface area contributed by atoms with E-state index in [0.717, 1.165) is 33.9 Å². The smallest absolute Gasteiger partial charge is 0.198 e. The molecule has 35 heavy (non-hydrogen) atoms. The Hall–Kier alpha value is -2.64. The minimum absolute atomic E-state index is 0.0835. The number of pyridine rings is 1. The van der Waals surface area contributed by atoms with Gasteiger partial charge in [0.05, 0.1) is 28.4 Å². The van der Waals surface area contributed by atoms with Crippen LogP contribution in [0.4, 0.5) is 0 Å². The average molecular weight is 509 g/mol. The van der Waals surface area contributed by atoms with Crippen LogP contribution in [-0.2, 0) is 11.5 Å². The predicted molar refractivity (Wildman–Crippen MR) is 147 cm³/mol. The van der Waals surface area contributed by atoms with E-state index in [-0.39, 0.29) is 6.61 Å². The van der Waals surface area contributed by atoms with Crippen molar-refractivity contribution < 1.29 is 14.6 Å². The standard InChI is InChI=1S/C28H33ClN2O3Si/c1-35(2,3)17-16-33-20-31-26-18-24(29)28(30-25(26)19-27(31)34-15-7-14-32)23-12-10-22(11-13-23)21-8-5-4-6-9-21/h4-6,8-13,18-19,32H,7,14-17,20H2,1-3H3. The summed E-state index contributed by atoms with van der Waals surface area (Å²) in [5, 5.41) is 9.73. The second kappa shape index (κ2) is 11.4. The van der Waals surface area contributed by atoms with Crippen LogP contribution in [0.2, 0.25) is 30.7 Å². The largest absolute Gasteiger partial charge is 0.479 e. The molecule has 5 nitrogen and oxygen atoms in total. The van der Waals surface area contributed by atoms with E-state index >= 15 is 0 Å². The van der Waals surface area contributed by atoms with E-state index < -0.39 is 8.07 Å². The van der Waals surface area contributed by atoms with E-state index in [1.54, 1.807) is 0 Å². The van der Waals surface area contributed by atoms with Crippen LogP contribution in [0.3, 0.4) is 0 Å². The minimum Gasteiger partial charge on any atom is -0.479 e. The first kappa shape index (κ1) is 25.4. The van der Waals surface area contributed by atoms with Gasteiger partial charge in [-0.15, -0.1) is 0 Å². The summed E-state index contributed by atoms with van der Waals surface area (Å²) in [5.41, 5.74) is 5.67. The molecule has 0 amide bonds. The van der Waals surface area contributed by atoms with Crippen molar-refractivity contribution in [1.29, 1.82) is 0 Å². The Kier molecular flexibility index (Phi) is 8.29. The van der Waals surface area contributed by atoms with E-state index in [4.69, 9.17) is 31.2 Å². The Morgan fingerprint density at radius 2 is 1.60 bits per heavy atom. The lowest BCUT2D eigenvalue weighted by molar-refractivity contribution is 0.0822. The van der Waals surface area contributed by atoms with Crippen LogP contribution in [0.25, 0.3) is 33.4 Å². The summed E-state index contributed by atoms with van der Waals surface area (Å²) in [5.74, 6) is 0.668. The van der Waals surface area contributed by atoms with Crippen LogP contribution in [-0.4, -0.2) is 42.6 Å². The van der Waals surface area contributed by atoms with Gasteiger partial charge in [0, 0.05) is 39.3 Å². The van der Waals surface area contributed by atoms with E-state index in [0.29, 0.717) is 37.3 Å². The quantitative estimate of drug-likeness (QED) is 0.173. The highest BCUT2D eigenvalue weighted by Gasteiger charge is 2.17. The van der Waals surface area contributed by atoms with Crippen LogP contribution in [0, 0.1) is 0 Å². The molecule has 0 aliphatic heterocycles. The zero-order valence-corrected chi connectivity index (χ0v) is 22.4. The molecule has 0 aliphatic rings. The molecule has 4 rings (SSSR count). The first-order valence-electron chi connectivity index (χ1n) is 12.0. The van der Waals surface area contributed by atoms with E-state index in [1.807, 2.05) is 34.9 Å². The molecule has 7 heteroatoms. The van der Waals surface area contributed by atoms with Gasteiger partial charge in [-0.2, -0.15) is 0 Å². The molecule has 0 saturated heterocycles. The predicted octanol–water partition coefficient (Wildman–Crippen LogP) is 7.10. The van der Waals surface area contributed by atoms with Crippen molar-refractivity contribution in [1.82, 2.24) is 9.55 Å². The number of fused-ring (bicyclic) bond motifs is 1. The molecule has 0 saturated carbocycles. The van der Waals surface area contributed by atoms with Crippen molar-refractivity contribution in [3.63, 3.8) is 0 Å². The molecule has 2 heterocycles. The fraction of sp³-hybridized carbons (Fsp3) is 0.321. The van der Waals surface area contributed by atoms with Gasteiger partial charge < -0.3 is 14.6 Å². The zero-order valence-electron chi connectivity index (χ0n) is 20.6. The van der Waals surface area contributed by atoms with Gasteiger partial charge in [-0.3, -0.25) is 4.57 Å². The maximum absolute atomic E-state index is 9.16. The number of rotatable bonds is 11. The molecule has 4 aromatic rings. The third kappa shape index (κ3) is 6.52. The fourth-order valence-electron chi connectivity index (χ4n) is 3.81. The van der Waals surface area contributed by atoms with Gasteiger partial charge in [-0.05, 0) is 23.2 Å². The average Bonchev–Trinajstić information content (AvgIpc) is 3.17. The Morgan fingerprint density at radius 3 is 2.29 bits per heavy atom. The molecule has 0 aliphatic carbocycles. The summed E-state index contributed by atoms with van der Waals surface area (Å²) in [6.07, 6.45) is 0.561. The highest BCUT2D eigenvalue weighted by atomic mass is 35.5. The first-order valence-corrected chi connectivity index (χ1v) is 16.1. The van der Waals surface area contributed by atoms with Crippen LogP contribution in [0.5, 0.6) is 5.88 Å². The van der Waals surface area contributed by atoms with Crippen LogP contribution >= 0.6 is 11.6 Å². The van der Waals surface area contributed by atoms with E-state index in [9.17, 15) is 0 Å². The topological polar surface area (TPSA) is 56.5 Å². The second-order valence-corrected chi connectivity index (χ2v) is 15.9. The highest BCUT2D eigenvalue weighted by molar-refractivity contribution is 6.76. The van der Waals surface area contributed by atoms with E-state index in [1.165, 1.54) is 5.56 Å². The van der Waals surface area contributed by atoms with Gasteiger partial charge in [0.15, 0.2) is 5.88 Å². The number of benzene rings is 2. The number of aliphatic hydroxyl groups excluding tert-OH is 1. The van der Waals surface area contributed by atoms with Crippen LogP contribution < -0.4 is 4.74 Å². The number of hydrogen-bond donors (Lipinski definition) is 1. The lowest BCUT2D eigenvalue weighted by atomic mass is 10.0. The van der Waals surface area contributed by atoms with Crippen molar-refractivity contribution in [2.75, 3.05) is 19.8 Å². The van der Waals surface area contributed by atoms with Crippen molar-refractivity contribution in [3.05, 3.63) is 71.8 Å². The summed E-state index contributed by atoms with van der Waals surface area (Å²) >= 11 is 6.74. The van der Waals surface area contributed by atoms with Gasteiger partial charge in [0.2, 0.25) is 0 Å². The molecule has 184 valence electrons. The van der Waals surface area contributed by atoms with Gasteiger partial charge in [-0.25, -0.2) is 4.98 Å². The number of hydrogen-bond acceptors (Lipinski definition) is 4. The summed E-state index contributed by atoms with van der Waals surface area (Å²) in [6.45, 7) is 8.58. The molecule has 0 radical (unpaired) electrons. The van der Waals surface area contributed by atoms with Gasteiger partial charge in [0.1, 0.15) is 6.73 Å². The number of nitrogens with zero attached hydrogens (tertiary/aromatic N) is 2. The zero-order chi connectivity index (χ0) is 24.8. The molecular formula is C28H33ClN2O3Si. The minimum atomic E-state index is -1.18. The monoisotopic (exact) mass is 508 g/mol. The molecule has 0 fully saturated rings. The van der Waals surface area contributed by atoms with Crippen molar-refractivity contribution >= 4 is 30.7 Å². The van der Waals surface area contributed by atoms with Gasteiger partial charge in [0.25, 0.3) is 0 Å². The van der Waals surface area contributed by atoms with Gasteiger partial charge >= 0.3 is 0 Å². The molecule has 0 unspecified atom stereocenters. The van der Waals surface area contributed by atoms with Crippen LogP contribution in [0.15, 0.2) is 66.7 Å². The number of ether oxygens (including phenoxy) is 2. The SMILES string of the molecule is C[Si](C)(C)CCOCn1c(OCCCO)cc2nc(-c3ccc(-c4ccccc4)cc3)c(Cl)cc21. The fourth-order valence-corrected chi connectivity index (χ4v) is 4.82. The molecule has 2 aromatic carbocycles. The number of aliphatic hydroxyl groups is 1. The Morgan fingerprint density at radius 1 is 0.914 bits per heavy atom. The Bertz CT molecular complexity index is 1250. The lowest BCUT2D eigenvalue weighted by Crippen LogP contribution is -2.22. The first-order chi connectivity index (χ1) is 16.9. The van der Waals surface area contributed by atoms with Crippen LogP contribution in [0.1, 0.15) is 6.42 Å². The Labute approximate surface area is 213 Å². The number of halogens is 1. The molecule has 2 aromatic heterocycles. The summed E-state index contributed by atoms with van der Waals surface area (Å²) in [4.78, 5) is 4.89. The van der Waals surface area contributed by atoms with Crippen molar-refractivity contribution in [3.8, 4) is 28.3 Å². The third-order valence-electron chi connectivity index (χ3n) is 5.84. The summed E-state index contributed by atoms with van der Waals surface area (Å²) in [6, 6.07) is 23.5. The van der Waals surface area contributed by atoms with E-state index in [2.05, 4.69) is 56.0 Å². The normalized spacial score (nSPS) is 11.8. The summed E-state index contributed by atoms with van der Waals surface area (Å²) < 4.78 is 13.9. The molecule has 0 bridgehead atoms. The molecular weight excluding hydrogens is 476 g/mol. The maximum atomic E-state index is 9.16. The van der Waals surface area contributed by atoms with Gasteiger partial charge in [-0.1, -0.05) is 85.8 Å². The summed E-state index contributed by atoms with van der Waals surface area (Å²) in [7, 11) is -1.18. The molecule has 1 N–H and O–H groups in total.